The smallest absolute Gasteiger partial charge is 0.305 e. The topological polar surface area (TPSA) is 139 Å². The molecule has 0 saturated carbocycles. The average Bonchev–Trinajstić information content (AvgIpc) is 2.67. The van der Waals surface area contributed by atoms with Gasteiger partial charge in [-0.25, -0.2) is 0 Å². The highest BCUT2D eigenvalue weighted by Gasteiger charge is 2.17. The van der Waals surface area contributed by atoms with Crippen molar-refractivity contribution in [1.29, 1.82) is 0 Å². The van der Waals surface area contributed by atoms with E-state index in [-0.39, 0.29) is 29.9 Å². The first kappa shape index (κ1) is 21.8. The molecule has 0 aromatic heterocycles. The molecule has 0 unspecified atom stereocenters. The van der Waals surface area contributed by atoms with Crippen LogP contribution in [0.2, 0.25) is 0 Å². The van der Waals surface area contributed by atoms with Crippen molar-refractivity contribution >= 4 is 45.5 Å². The first-order valence-corrected chi connectivity index (χ1v) is 9.09. The molecule has 2 aromatic rings. The normalized spacial score (nSPS) is 10.9. The third-order valence-electron chi connectivity index (χ3n) is 3.63. The Kier molecular flexibility index (Phi) is 7.61. The second kappa shape index (κ2) is 10.1. The maximum Gasteiger partial charge on any atom is 0.305 e. The molecule has 0 heterocycles. The molecule has 29 heavy (non-hydrogen) atoms. The van der Waals surface area contributed by atoms with Crippen LogP contribution in [0.15, 0.2) is 58.7 Å². The SMILES string of the molecule is O=C(O)CCNC(=O)C(=Cc1cccc([N+](=O)[O-])c1)NC(=O)c1ccccc1Br. The van der Waals surface area contributed by atoms with E-state index in [9.17, 15) is 24.5 Å². The van der Waals surface area contributed by atoms with Crippen LogP contribution in [0.5, 0.6) is 0 Å². The van der Waals surface area contributed by atoms with Crippen LogP contribution in [-0.2, 0) is 9.59 Å². The predicted octanol–water partition coefficient (Wildman–Crippen LogP) is 2.72. The Morgan fingerprint density at radius 3 is 2.52 bits per heavy atom. The average molecular weight is 462 g/mol. The second-order valence-corrected chi connectivity index (χ2v) is 6.60. The summed E-state index contributed by atoms with van der Waals surface area (Å²) in [7, 11) is 0. The number of benzene rings is 2. The van der Waals surface area contributed by atoms with Crippen molar-refractivity contribution < 1.29 is 24.4 Å². The van der Waals surface area contributed by atoms with Crippen LogP contribution in [0.25, 0.3) is 6.08 Å². The number of rotatable bonds is 8. The van der Waals surface area contributed by atoms with Gasteiger partial charge in [-0.05, 0) is 39.7 Å². The summed E-state index contributed by atoms with van der Waals surface area (Å²) in [6.45, 7) is -0.147. The summed E-state index contributed by atoms with van der Waals surface area (Å²) in [5, 5.41) is 24.5. The second-order valence-electron chi connectivity index (χ2n) is 5.74. The first-order valence-electron chi connectivity index (χ1n) is 8.30. The van der Waals surface area contributed by atoms with E-state index < -0.39 is 22.7 Å². The van der Waals surface area contributed by atoms with Gasteiger partial charge in [0.2, 0.25) is 0 Å². The van der Waals surface area contributed by atoms with E-state index in [0.29, 0.717) is 10.0 Å². The number of carboxylic acid groups (broad SMARTS) is 1. The maximum atomic E-state index is 12.6. The number of nitrogens with one attached hydrogen (secondary N) is 2. The fourth-order valence-corrected chi connectivity index (χ4v) is 2.73. The van der Waals surface area contributed by atoms with Crippen LogP contribution < -0.4 is 10.6 Å². The van der Waals surface area contributed by atoms with E-state index >= 15 is 0 Å². The largest absolute Gasteiger partial charge is 0.481 e. The standard InChI is InChI=1S/C19H16BrN3O6/c20-15-7-2-1-6-14(15)18(26)22-16(19(27)21-9-8-17(24)25)11-12-4-3-5-13(10-12)23(28)29/h1-7,10-11H,8-9H2,(H,21,27)(H,22,26)(H,24,25). The molecule has 0 radical (unpaired) electrons. The Morgan fingerprint density at radius 2 is 1.86 bits per heavy atom. The summed E-state index contributed by atoms with van der Waals surface area (Å²) in [6, 6.07) is 12.1. The lowest BCUT2D eigenvalue weighted by molar-refractivity contribution is -0.384. The number of hydrogen-bond acceptors (Lipinski definition) is 5. The van der Waals surface area contributed by atoms with E-state index in [4.69, 9.17) is 5.11 Å². The van der Waals surface area contributed by atoms with Crippen LogP contribution in [0.3, 0.4) is 0 Å². The molecule has 0 saturated heterocycles. The molecular formula is C19H16BrN3O6. The van der Waals surface area contributed by atoms with Gasteiger partial charge in [-0.1, -0.05) is 24.3 Å². The van der Waals surface area contributed by atoms with Crippen LogP contribution in [0.4, 0.5) is 5.69 Å². The van der Waals surface area contributed by atoms with E-state index in [1.807, 2.05) is 0 Å². The summed E-state index contributed by atoms with van der Waals surface area (Å²) in [6.07, 6.45) is 0.978. The van der Waals surface area contributed by atoms with Crippen LogP contribution in [-0.4, -0.2) is 34.4 Å². The van der Waals surface area contributed by atoms with Crippen LogP contribution in [0, 0.1) is 10.1 Å². The lowest BCUT2D eigenvalue weighted by Gasteiger charge is -2.11. The number of nitro groups is 1. The van der Waals surface area contributed by atoms with Gasteiger partial charge in [0.1, 0.15) is 5.70 Å². The zero-order chi connectivity index (χ0) is 21.4. The number of carbonyl (C=O) groups is 3. The minimum Gasteiger partial charge on any atom is -0.481 e. The molecule has 3 N–H and O–H groups in total. The Bertz CT molecular complexity index is 989. The minimum absolute atomic E-state index is 0.147. The number of nitrogens with zero attached hydrogens (tertiary/aromatic N) is 1. The molecule has 0 atom stereocenters. The molecule has 2 aromatic carbocycles. The van der Waals surface area contributed by atoms with E-state index in [1.54, 1.807) is 24.3 Å². The fourth-order valence-electron chi connectivity index (χ4n) is 2.27. The Hall–Kier alpha value is -3.53. The minimum atomic E-state index is -1.09. The van der Waals surface area contributed by atoms with Crippen molar-refractivity contribution in [3.05, 3.63) is 79.9 Å². The third-order valence-corrected chi connectivity index (χ3v) is 4.32. The number of carboxylic acids is 1. The molecule has 10 heteroatoms. The number of amides is 2. The van der Waals surface area contributed by atoms with E-state index in [0.717, 1.165) is 0 Å². The van der Waals surface area contributed by atoms with Crippen LogP contribution in [0.1, 0.15) is 22.3 Å². The van der Waals surface area contributed by atoms with Crippen molar-refractivity contribution in [3.63, 3.8) is 0 Å². The Balaban J connectivity index is 2.32. The highest BCUT2D eigenvalue weighted by molar-refractivity contribution is 9.10. The molecule has 0 aliphatic carbocycles. The summed E-state index contributed by atoms with van der Waals surface area (Å²) < 4.78 is 0.512. The number of carbonyl (C=O) groups excluding carboxylic acids is 2. The molecule has 0 spiro atoms. The molecule has 0 fully saturated rings. The van der Waals surface area contributed by atoms with Gasteiger partial charge in [0.05, 0.1) is 16.9 Å². The van der Waals surface area contributed by atoms with Crippen molar-refractivity contribution in [1.82, 2.24) is 10.6 Å². The summed E-state index contributed by atoms with van der Waals surface area (Å²) >= 11 is 3.25. The number of non-ortho nitro benzene ring substituents is 1. The third kappa shape index (κ3) is 6.54. The van der Waals surface area contributed by atoms with Gasteiger partial charge < -0.3 is 15.7 Å². The number of nitro benzene ring substituents is 1. The predicted molar refractivity (Wildman–Crippen MR) is 108 cm³/mol. The zero-order valence-electron chi connectivity index (χ0n) is 14.9. The number of hydrogen-bond donors (Lipinski definition) is 3. The first-order chi connectivity index (χ1) is 13.8. The number of halogens is 1. The van der Waals surface area contributed by atoms with Crippen molar-refractivity contribution in [2.75, 3.05) is 6.54 Å². The number of aliphatic carboxylic acids is 1. The van der Waals surface area contributed by atoms with Gasteiger partial charge in [0, 0.05) is 23.2 Å². The lowest BCUT2D eigenvalue weighted by Crippen LogP contribution is -2.35. The summed E-state index contributed by atoms with van der Waals surface area (Å²) in [4.78, 5) is 46.0. The van der Waals surface area contributed by atoms with E-state index in [1.165, 1.54) is 30.3 Å². The van der Waals surface area contributed by atoms with Gasteiger partial charge in [0.15, 0.2) is 0 Å². The molecule has 2 rings (SSSR count). The van der Waals surface area contributed by atoms with Crippen molar-refractivity contribution in [2.24, 2.45) is 0 Å². The van der Waals surface area contributed by atoms with Gasteiger partial charge in [-0.3, -0.25) is 24.5 Å². The highest BCUT2D eigenvalue weighted by atomic mass is 79.9. The fraction of sp³-hybridized carbons (Fsp3) is 0.105. The van der Waals surface area contributed by atoms with Crippen molar-refractivity contribution in [2.45, 2.75) is 6.42 Å². The Morgan fingerprint density at radius 1 is 1.14 bits per heavy atom. The van der Waals surface area contributed by atoms with E-state index in [2.05, 4.69) is 26.6 Å². The summed E-state index contributed by atoms with van der Waals surface area (Å²) in [5.74, 6) is -2.40. The summed E-state index contributed by atoms with van der Waals surface area (Å²) in [5.41, 5.74) is 0.226. The molecule has 0 aliphatic heterocycles. The molecule has 9 nitrogen and oxygen atoms in total. The highest BCUT2D eigenvalue weighted by Crippen LogP contribution is 2.18. The zero-order valence-corrected chi connectivity index (χ0v) is 16.5. The van der Waals surface area contributed by atoms with Crippen LogP contribution >= 0.6 is 15.9 Å². The monoisotopic (exact) mass is 461 g/mol. The molecule has 0 bridgehead atoms. The maximum absolute atomic E-state index is 12.6. The lowest BCUT2D eigenvalue weighted by atomic mass is 10.1. The van der Waals surface area contributed by atoms with Gasteiger partial charge >= 0.3 is 5.97 Å². The molecule has 0 aliphatic rings. The molecular weight excluding hydrogens is 446 g/mol. The van der Waals surface area contributed by atoms with Gasteiger partial charge in [-0.2, -0.15) is 0 Å². The van der Waals surface area contributed by atoms with Gasteiger partial charge in [0.25, 0.3) is 17.5 Å². The quantitative estimate of drug-likeness (QED) is 0.313. The molecule has 150 valence electrons. The Labute approximate surface area is 173 Å². The molecule has 2 amide bonds. The van der Waals surface area contributed by atoms with Crippen molar-refractivity contribution in [3.8, 4) is 0 Å². The van der Waals surface area contributed by atoms with Gasteiger partial charge in [-0.15, -0.1) is 0 Å².